The van der Waals surface area contributed by atoms with Crippen LogP contribution in [0.25, 0.3) is 0 Å². The van der Waals surface area contributed by atoms with Crippen LogP contribution in [-0.4, -0.2) is 18.2 Å². The fourth-order valence-electron chi connectivity index (χ4n) is 1.80. The van der Waals surface area contributed by atoms with Crippen molar-refractivity contribution >= 4 is 21.8 Å². The molecule has 0 aliphatic carbocycles. The Morgan fingerprint density at radius 2 is 2.05 bits per heavy atom. The molecule has 21 heavy (non-hydrogen) atoms. The largest absolute Gasteiger partial charge is 0.497 e. The van der Waals surface area contributed by atoms with E-state index in [-0.39, 0.29) is 5.84 Å². The first-order chi connectivity index (χ1) is 10.2. The summed E-state index contributed by atoms with van der Waals surface area (Å²) in [5.41, 5.74) is 7.11. The van der Waals surface area contributed by atoms with Crippen molar-refractivity contribution in [2.75, 3.05) is 7.11 Å². The lowest BCUT2D eigenvalue weighted by molar-refractivity contribution is 0.301. The minimum Gasteiger partial charge on any atom is -0.497 e. The predicted molar refractivity (Wildman–Crippen MR) is 84.0 cm³/mol. The lowest BCUT2D eigenvalue weighted by atomic mass is 10.2. The molecule has 0 spiro atoms. The van der Waals surface area contributed by atoms with Gasteiger partial charge in [-0.2, -0.15) is 0 Å². The van der Waals surface area contributed by atoms with Crippen molar-refractivity contribution in [1.29, 1.82) is 0 Å². The van der Waals surface area contributed by atoms with Gasteiger partial charge in [0.05, 0.1) is 12.7 Å². The molecule has 6 heteroatoms. The van der Waals surface area contributed by atoms with Gasteiger partial charge in [-0.05, 0) is 30.3 Å². The Morgan fingerprint density at radius 1 is 1.29 bits per heavy atom. The fraction of sp³-hybridized carbons (Fsp3) is 0.133. The Hall–Kier alpha value is -2.21. The van der Waals surface area contributed by atoms with E-state index in [9.17, 15) is 0 Å². The molecule has 0 radical (unpaired) electrons. The second-order valence-electron chi connectivity index (χ2n) is 4.23. The summed E-state index contributed by atoms with van der Waals surface area (Å²) >= 11 is 3.47. The zero-order valence-electron chi connectivity index (χ0n) is 11.4. The number of nitrogens with zero attached hydrogens (tertiary/aromatic N) is 1. The highest BCUT2D eigenvalue weighted by molar-refractivity contribution is 9.10. The van der Waals surface area contributed by atoms with Crippen LogP contribution in [-0.2, 0) is 6.61 Å². The average Bonchev–Trinajstić information content (AvgIpc) is 2.53. The highest BCUT2D eigenvalue weighted by Gasteiger charge is 2.09. The minimum absolute atomic E-state index is 0.00954. The number of hydrogen-bond donors (Lipinski definition) is 2. The molecule has 0 amide bonds. The first-order valence-electron chi connectivity index (χ1n) is 6.18. The fourth-order valence-corrected chi connectivity index (χ4v) is 2.16. The number of ether oxygens (including phenoxy) is 2. The zero-order valence-corrected chi connectivity index (χ0v) is 13.0. The Labute approximate surface area is 131 Å². The molecule has 0 bridgehead atoms. The molecule has 5 nitrogen and oxygen atoms in total. The van der Waals surface area contributed by atoms with Crippen molar-refractivity contribution in [3.05, 3.63) is 58.1 Å². The number of methoxy groups -OCH3 is 1. The van der Waals surface area contributed by atoms with Crippen LogP contribution in [0.1, 0.15) is 11.1 Å². The van der Waals surface area contributed by atoms with Crippen LogP contribution in [0, 0.1) is 0 Å². The van der Waals surface area contributed by atoms with Gasteiger partial charge in [0, 0.05) is 10.0 Å². The van der Waals surface area contributed by atoms with Crippen LogP contribution in [0.3, 0.4) is 0 Å². The third-order valence-electron chi connectivity index (χ3n) is 2.91. The van der Waals surface area contributed by atoms with Gasteiger partial charge in [0.15, 0.2) is 5.84 Å². The molecule has 0 fully saturated rings. The summed E-state index contributed by atoms with van der Waals surface area (Å²) in [6.07, 6.45) is 0. The van der Waals surface area contributed by atoms with Crippen molar-refractivity contribution in [3.63, 3.8) is 0 Å². The van der Waals surface area contributed by atoms with E-state index in [0.717, 1.165) is 15.8 Å². The lowest BCUT2D eigenvalue weighted by Crippen LogP contribution is -2.14. The van der Waals surface area contributed by atoms with Crippen LogP contribution in [0.15, 0.2) is 52.1 Å². The summed E-state index contributed by atoms with van der Waals surface area (Å²) in [5.74, 6) is 1.30. The van der Waals surface area contributed by atoms with Gasteiger partial charge in [-0.3, -0.25) is 0 Å². The monoisotopic (exact) mass is 350 g/mol. The van der Waals surface area contributed by atoms with Gasteiger partial charge in [0.1, 0.15) is 18.1 Å². The maximum atomic E-state index is 8.79. The van der Waals surface area contributed by atoms with Gasteiger partial charge in [-0.1, -0.05) is 33.2 Å². The third-order valence-corrected chi connectivity index (χ3v) is 3.68. The topological polar surface area (TPSA) is 77.1 Å². The summed E-state index contributed by atoms with van der Waals surface area (Å²) in [6, 6.07) is 12.7. The van der Waals surface area contributed by atoms with E-state index in [4.69, 9.17) is 20.4 Å². The van der Waals surface area contributed by atoms with E-state index < -0.39 is 0 Å². The van der Waals surface area contributed by atoms with E-state index in [1.807, 2.05) is 24.3 Å². The number of rotatable bonds is 5. The van der Waals surface area contributed by atoms with Crippen LogP contribution >= 0.6 is 15.9 Å². The second kappa shape index (κ2) is 6.99. The molecule has 0 unspecified atom stereocenters. The highest BCUT2D eigenvalue weighted by atomic mass is 79.9. The molecule has 0 atom stereocenters. The van der Waals surface area contributed by atoms with Crippen LogP contribution in [0.2, 0.25) is 0 Å². The molecular formula is C15H15BrN2O3. The number of oxime groups is 1. The van der Waals surface area contributed by atoms with E-state index >= 15 is 0 Å². The summed E-state index contributed by atoms with van der Waals surface area (Å²) in [7, 11) is 1.61. The smallest absolute Gasteiger partial charge is 0.173 e. The van der Waals surface area contributed by atoms with Gasteiger partial charge in [-0.25, -0.2) is 0 Å². The highest BCUT2D eigenvalue weighted by Crippen LogP contribution is 2.25. The van der Waals surface area contributed by atoms with E-state index in [2.05, 4.69) is 21.1 Å². The first kappa shape index (κ1) is 15.2. The Balaban J connectivity index is 2.21. The summed E-state index contributed by atoms with van der Waals surface area (Å²) in [6.45, 7) is 0.327. The maximum absolute atomic E-state index is 8.79. The SMILES string of the molecule is COc1ccc(Br)c(COc2ccccc2C(N)=NO)c1. The minimum atomic E-state index is 0.00954. The number of nitrogens with two attached hydrogens (primary N) is 1. The summed E-state index contributed by atoms with van der Waals surface area (Å²) in [4.78, 5) is 0. The van der Waals surface area contributed by atoms with Gasteiger partial charge in [0.25, 0.3) is 0 Å². The van der Waals surface area contributed by atoms with Gasteiger partial charge >= 0.3 is 0 Å². The molecule has 2 aromatic rings. The molecule has 0 saturated carbocycles. The van der Waals surface area contributed by atoms with E-state index in [1.54, 1.807) is 25.3 Å². The molecule has 0 aliphatic rings. The summed E-state index contributed by atoms with van der Waals surface area (Å²) < 4.78 is 11.9. The zero-order chi connectivity index (χ0) is 15.2. The Bertz CT molecular complexity index is 659. The predicted octanol–water partition coefficient (Wildman–Crippen LogP) is 3.13. The van der Waals surface area contributed by atoms with Crippen molar-refractivity contribution in [2.24, 2.45) is 10.9 Å². The third kappa shape index (κ3) is 3.66. The van der Waals surface area contributed by atoms with Crippen molar-refractivity contribution in [3.8, 4) is 11.5 Å². The molecule has 3 N–H and O–H groups in total. The number of hydrogen-bond acceptors (Lipinski definition) is 4. The molecular weight excluding hydrogens is 336 g/mol. The second-order valence-corrected chi connectivity index (χ2v) is 5.08. The molecule has 0 aromatic heterocycles. The number of benzene rings is 2. The first-order valence-corrected chi connectivity index (χ1v) is 6.97. The summed E-state index contributed by atoms with van der Waals surface area (Å²) in [5, 5.41) is 11.8. The van der Waals surface area contributed by atoms with E-state index in [0.29, 0.717) is 17.9 Å². The quantitative estimate of drug-likeness (QED) is 0.376. The molecule has 0 aliphatic heterocycles. The average molecular weight is 351 g/mol. The van der Waals surface area contributed by atoms with Crippen LogP contribution in [0.4, 0.5) is 0 Å². The van der Waals surface area contributed by atoms with Gasteiger partial charge < -0.3 is 20.4 Å². The molecule has 0 saturated heterocycles. The maximum Gasteiger partial charge on any atom is 0.173 e. The van der Waals surface area contributed by atoms with Crippen molar-refractivity contribution < 1.29 is 14.7 Å². The normalized spacial score (nSPS) is 11.2. The van der Waals surface area contributed by atoms with Crippen LogP contribution in [0.5, 0.6) is 11.5 Å². The number of amidine groups is 1. The number of halogens is 1. The van der Waals surface area contributed by atoms with Crippen molar-refractivity contribution in [1.82, 2.24) is 0 Å². The van der Waals surface area contributed by atoms with Gasteiger partial charge in [0.2, 0.25) is 0 Å². The molecule has 2 rings (SSSR count). The Morgan fingerprint density at radius 3 is 2.76 bits per heavy atom. The van der Waals surface area contributed by atoms with E-state index in [1.165, 1.54) is 0 Å². The Kier molecular flexibility index (Phi) is 5.05. The number of para-hydroxylation sites is 1. The molecule has 0 heterocycles. The lowest BCUT2D eigenvalue weighted by Gasteiger charge is -2.12. The van der Waals surface area contributed by atoms with Crippen molar-refractivity contribution in [2.45, 2.75) is 6.61 Å². The molecule has 110 valence electrons. The van der Waals surface area contributed by atoms with Crippen LogP contribution < -0.4 is 15.2 Å². The van der Waals surface area contributed by atoms with Gasteiger partial charge in [-0.15, -0.1) is 0 Å². The molecule has 2 aromatic carbocycles. The standard InChI is InChI=1S/C15H15BrN2O3/c1-20-11-6-7-13(16)10(8-11)9-21-14-5-3-2-4-12(14)15(17)18-19/h2-8,19H,9H2,1H3,(H2,17,18).